The third-order valence-electron chi connectivity index (χ3n) is 2.08. The first-order valence-corrected chi connectivity index (χ1v) is 4.52. The van der Waals surface area contributed by atoms with Gasteiger partial charge in [0.15, 0.2) is 7.98 Å². The van der Waals surface area contributed by atoms with Gasteiger partial charge in [0.2, 0.25) is 0 Å². The molecule has 1 aliphatic heterocycles. The van der Waals surface area contributed by atoms with E-state index in [9.17, 15) is 0 Å². The maximum Gasteiger partial charge on any atom is 0.185 e. The second kappa shape index (κ2) is 3.58. The van der Waals surface area contributed by atoms with E-state index in [-0.39, 0.29) is 0 Å². The highest BCUT2D eigenvalue weighted by Gasteiger charge is 2.10. The fourth-order valence-corrected chi connectivity index (χ4v) is 1.63. The van der Waals surface area contributed by atoms with Crippen molar-refractivity contribution in [2.24, 2.45) is 0 Å². The molecule has 0 N–H and O–H groups in total. The van der Waals surface area contributed by atoms with Gasteiger partial charge < -0.3 is 4.81 Å². The Morgan fingerprint density at radius 3 is 2.40 bits per heavy atom. The predicted octanol–water partition coefficient (Wildman–Crippen LogP) is 1.30. The normalized spacial score (nSPS) is 21.2. The van der Waals surface area contributed by atoms with E-state index in [0.717, 1.165) is 0 Å². The molecule has 0 atom stereocenters. The second-order valence-corrected chi connectivity index (χ2v) is 4.13. The Morgan fingerprint density at radius 2 is 2.00 bits per heavy atom. The van der Waals surface area contributed by atoms with Gasteiger partial charge in [-0.15, -0.1) is 0 Å². The van der Waals surface area contributed by atoms with E-state index < -0.39 is 0 Å². The van der Waals surface area contributed by atoms with Crippen molar-refractivity contribution < 1.29 is 0 Å². The van der Waals surface area contributed by atoms with Gasteiger partial charge in [-0.05, 0) is 37.3 Å². The molecule has 0 radical (unpaired) electrons. The van der Waals surface area contributed by atoms with Crippen LogP contribution in [0.1, 0.15) is 19.8 Å². The van der Waals surface area contributed by atoms with Crippen LogP contribution in [0.3, 0.4) is 0 Å². The summed E-state index contributed by atoms with van der Waals surface area (Å²) in [4.78, 5) is 2.37. The summed E-state index contributed by atoms with van der Waals surface area (Å²) < 4.78 is 1.35. The van der Waals surface area contributed by atoms with Gasteiger partial charge in [0, 0.05) is 0 Å². The Balaban J connectivity index is 2.48. The van der Waals surface area contributed by atoms with E-state index in [2.05, 4.69) is 35.6 Å². The molecule has 0 spiro atoms. The highest BCUT2D eigenvalue weighted by Crippen LogP contribution is 2.21. The van der Waals surface area contributed by atoms with Crippen LogP contribution >= 0.6 is 15.9 Å². The first-order valence-electron chi connectivity index (χ1n) is 3.73. The molecule has 0 aliphatic carbocycles. The summed E-state index contributed by atoms with van der Waals surface area (Å²) in [7, 11) is 2.18. The molecule has 10 heavy (non-hydrogen) atoms. The van der Waals surface area contributed by atoms with Crippen molar-refractivity contribution in [3.63, 3.8) is 0 Å². The summed E-state index contributed by atoms with van der Waals surface area (Å²) in [5.74, 6) is 0. The van der Waals surface area contributed by atoms with Gasteiger partial charge >= 0.3 is 0 Å². The van der Waals surface area contributed by atoms with Crippen molar-refractivity contribution in [3.05, 3.63) is 10.1 Å². The molecule has 0 unspecified atom stereocenters. The molecule has 0 amide bonds. The zero-order valence-corrected chi connectivity index (χ0v) is 8.24. The monoisotopic (exact) mass is 201 g/mol. The minimum absolute atomic E-state index is 1.22. The summed E-state index contributed by atoms with van der Waals surface area (Å²) >= 11 is 3.52. The van der Waals surface area contributed by atoms with Crippen molar-refractivity contribution in [3.8, 4) is 0 Å². The smallest absolute Gasteiger partial charge is 0.185 e. The van der Waals surface area contributed by atoms with Gasteiger partial charge in [-0.2, -0.15) is 0 Å². The van der Waals surface area contributed by atoms with Crippen LogP contribution in [0.4, 0.5) is 0 Å². The molecule has 56 valence electrons. The molecule has 1 heterocycles. The summed E-state index contributed by atoms with van der Waals surface area (Å²) in [6, 6.07) is 0. The number of halogens is 1. The molecule has 0 aromatic heterocycles. The Morgan fingerprint density at radius 1 is 1.50 bits per heavy atom. The SMILES string of the molecule is BN1CCC(=C(C)Br)CC1. The molecule has 1 aliphatic rings. The molecule has 1 rings (SSSR count). The van der Waals surface area contributed by atoms with Crippen LogP contribution in [-0.2, 0) is 0 Å². The first kappa shape index (κ1) is 8.34. The second-order valence-electron chi connectivity index (χ2n) is 2.94. The van der Waals surface area contributed by atoms with Crippen LogP contribution < -0.4 is 0 Å². The Kier molecular flexibility index (Phi) is 2.99. The van der Waals surface area contributed by atoms with Crippen molar-refractivity contribution in [1.29, 1.82) is 0 Å². The van der Waals surface area contributed by atoms with Gasteiger partial charge in [0.1, 0.15) is 0 Å². The van der Waals surface area contributed by atoms with Gasteiger partial charge in [-0.25, -0.2) is 0 Å². The molecule has 0 saturated carbocycles. The van der Waals surface area contributed by atoms with E-state index in [0.29, 0.717) is 0 Å². The number of hydrogen-bond acceptors (Lipinski definition) is 1. The molecule has 1 nitrogen and oxygen atoms in total. The van der Waals surface area contributed by atoms with Gasteiger partial charge in [0.05, 0.1) is 0 Å². The zero-order valence-electron chi connectivity index (χ0n) is 6.65. The van der Waals surface area contributed by atoms with Crippen LogP contribution in [0.5, 0.6) is 0 Å². The third kappa shape index (κ3) is 2.13. The number of hydrogen-bond donors (Lipinski definition) is 0. The number of rotatable bonds is 0. The van der Waals surface area contributed by atoms with E-state index in [1.165, 1.54) is 30.4 Å². The van der Waals surface area contributed by atoms with Crippen molar-refractivity contribution in [2.45, 2.75) is 19.8 Å². The van der Waals surface area contributed by atoms with Crippen LogP contribution in [0.25, 0.3) is 0 Å². The lowest BCUT2D eigenvalue weighted by Gasteiger charge is -2.24. The largest absolute Gasteiger partial charge is 0.348 e. The lowest BCUT2D eigenvalue weighted by atomic mass is 10.0. The van der Waals surface area contributed by atoms with Crippen LogP contribution in [0.2, 0.25) is 0 Å². The summed E-state index contributed by atoms with van der Waals surface area (Å²) in [5.41, 5.74) is 1.60. The molecule has 0 aromatic rings. The fourth-order valence-electron chi connectivity index (χ4n) is 1.23. The van der Waals surface area contributed by atoms with Crippen molar-refractivity contribution in [2.75, 3.05) is 13.1 Å². The molecular weight excluding hydrogens is 189 g/mol. The van der Waals surface area contributed by atoms with E-state index in [1.54, 1.807) is 5.57 Å². The fraction of sp³-hybridized carbons (Fsp3) is 0.714. The van der Waals surface area contributed by atoms with Crippen LogP contribution in [0, 0.1) is 0 Å². The van der Waals surface area contributed by atoms with E-state index in [1.807, 2.05) is 0 Å². The third-order valence-corrected chi connectivity index (χ3v) is 2.64. The minimum Gasteiger partial charge on any atom is -0.348 e. The Bertz CT molecular complexity index is 142. The minimum atomic E-state index is 1.22. The van der Waals surface area contributed by atoms with Crippen molar-refractivity contribution >= 4 is 23.9 Å². The maximum absolute atomic E-state index is 3.52. The lowest BCUT2D eigenvalue weighted by Crippen LogP contribution is -2.27. The highest BCUT2D eigenvalue weighted by molar-refractivity contribution is 9.11. The lowest BCUT2D eigenvalue weighted by molar-refractivity contribution is 0.418. The van der Waals surface area contributed by atoms with Gasteiger partial charge in [-0.3, -0.25) is 0 Å². The molecule has 1 saturated heterocycles. The standard InChI is InChI=1S/C7H13BBrN/c1-6(9)7-2-4-10(8)5-3-7/h2-5,8H2,1H3. The molecular formula is C7H13BBrN. The first-order chi connectivity index (χ1) is 4.70. The zero-order chi connectivity index (χ0) is 7.56. The highest BCUT2D eigenvalue weighted by atomic mass is 79.9. The Labute approximate surface area is 72.0 Å². The number of nitrogens with zero attached hydrogens (tertiary/aromatic N) is 1. The topological polar surface area (TPSA) is 3.24 Å². The van der Waals surface area contributed by atoms with Gasteiger partial charge in [0.25, 0.3) is 0 Å². The predicted molar refractivity (Wildman–Crippen MR) is 51.0 cm³/mol. The summed E-state index contributed by atoms with van der Waals surface area (Å²) in [5, 5.41) is 0. The summed E-state index contributed by atoms with van der Waals surface area (Å²) in [6.45, 7) is 4.58. The van der Waals surface area contributed by atoms with Crippen LogP contribution in [-0.4, -0.2) is 25.9 Å². The number of piperidine rings is 1. The van der Waals surface area contributed by atoms with E-state index >= 15 is 0 Å². The Hall–Kier alpha value is 0.245. The van der Waals surface area contributed by atoms with Gasteiger partial charge in [-0.1, -0.05) is 21.5 Å². The molecule has 1 fully saturated rings. The molecule has 0 bridgehead atoms. The van der Waals surface area contributed by atoms with E-state index in [4.69, 9.17) is 0 Å². The molecule has 3 heteroatoms. The average molecular weight is 202 g/mol. The molecule has 0 aromatic carbocycles. The van der Waals surface area contributed by atoms with Crippen LogP contribution in [0.15, 0.2) is 10.1 Å². The number of allylic oxidation sites excluding steroid dienone is 1. The van der Waals surface area contributed by atoms with Crippen molar-refractivity contribution in [1.82, 2.24) is 4.81 Å². The maximum atomic E-state index is 3.52. The quantitative estimate of drug-likeness (QED) is 0.535. The summed E-state index contributed by atoms with van der Waals surface area (Å²) in [6.07, 6.45) is 2.49. The average Bonchev–Trinajstić information content (AvgIpc) is 1.88.